The van der Waals surface area contributed by atoms with Crippen LogP contribution in [0.1, 0.15) is 37.4 Å². The first-order chi connectivity index (χ1) is 15.9. The third kappa shape index (κ3) is 4.52. The predicted octanol–water partition coefficient (Wildman–Crippen LogP) is 3.66. The van der Waals surface area contributed by atoms with E-state index in [2.05, 4.69) is 0 Å². The van der Waals surface area contributed by atoms with Crippen molar-refractivity contribution in [2.24, 2.45) is 0 Å². The quantitative estimate of drug-likeness (QED) is 0.282. The summed E-state index contributed by atoms with van der Waals surface area (Å²) < 4.78 is 21.6. The molecule has 33 heavy (non-hydrogen) atoms. The normalized spacial score (nSPS) is 18.9. The van der Waals surface area contributed by atoms with Crippen molar-refractivity contribution < 1.29 is 33.6 Å². The maximum atomic E-state index is 13.1. The van der Waals surface area contributed by atoms with E-state index in [1.54, 1.807) is 49.6 Å². The lowest BCUT2D eigenvalue weighted by Crippen LogP contribution is -2.31. The number of fused-ring (bicyclic) bond motifs is 1. The topological polar surface area (TPSA) is 94.5 Å². The van der Waals surface area contributed by atoms with Crippen LogP contribution in [0.25, 0.3) is 5.76 Å². The number of amides is 1. The maximum absolute atomic E-state index is 13.1. The fraction of sp³-hybridized carbons (Fsp3) is 0.360. The zero-order valence-corrected chi connectivity index (χ0v) is 18.9. The third-order valence-corrected chi connectivity index (χ3v) is 5.61. The van der Waals surface area contributed by atoms with Gasteiger partial charge in [-0.2, -0.15) is 0 Å². The van der Waals surface area contributed by atoms with Gasteiger partial charge < -0.3 is 29.0 Å². The van der Waals surface area contributed by atoms with Crippen LogP contribution < -0.4 is 14.2 Å². The number of carbonyl (C=O) groups is 2. The van der Waals surface area contributed by atoms with E-state index in [1.807, 2.05) is 13.8 Å². The molecule has 0 aliphatic carbocycles. The second-order valence-corrected chi connectivity index (χ2v) is 8.11. The first-order valence-corrected chi connectivity index (χ1v) is 10.8. The Morgan fingerprint density at radius 2 is 1.85 bits per heavy atom. The molecule has 0 aromatic heterocycles. The molecule has 1 unspecified atom stereocenters. The van der Waals surface area contributed by atoms with Gasteiger partial charge in [0, 0.05) is 18.7 Å². The number of benzene rings is 2. The molecule has 4 rings (SSSR count). The molecular formula is C25H27NO7. The van der Waals surface area contributed by atoms with Gasteiger partial charge in [0.05, 0.1) is 24.8 Å². The van der Waals surface area contributed by atoms with Crippen molar-refractivity contribution in [1.29, 1.82) is 0 Å². The number of rotatable bonds is 8. The van der Waals surface area contributed by atoms with Crippen molar-refractivity contribution in [2.75, 3.05) is 27.1 Å². The van der Waals surface area contributed by atoms with E-state index in [1.165, 1.54) is 4.90 Å². The van der Waals surface area contributed by atoms with E-state index in [0.29, 0.717) is 47.9 Å². The largest absolute Gasteiger partial charge is 0.507 e. The van der Waals surface area contributed by atoms with E-state index in [0.717, 1.165) is 0 Å². The molecule has 0 radical (unpaired) electrons. The van der Waals surface area contributed by atoms with Crippen LogP contribution in [-0.4, -0.2) is 54.9 Å². The van der Waals surface area contributed by atoms with Gasteiger partial charge in [0.25, 0.3) is 11.7 Å². The highest BCUT2D eigenvalue weighted by Gasteiger charge is 2.45. The summed E-state index contributed by atoms with van der Waals surface area (Å²) in [5, 5.41) is 11.2. The number of Topliss-reactive ketones (excluding diaryl/α,β-unsaturated/α-hetero) is 1. The highest BCUT2D eigenvalue weighted by atomic mass is 16.7. The zero-order valence-electron chi connectivity index (χ0n) is 18.9. The van der Waals surface area contributed by atoms with Crippen LogP contribution in [0.2, 0.25) is 0 Å². The molecule has 2 aliphatic rings. The van der Waals surface area contributed by atoms with Gasteiger partial charge >= 0.3 is 0 Å². The number of nitrogens with zero attached hydrogens (tertiary/aromatic N) is 1. The van der Waals surface area contributed by atoms with Crippen molar-refractivity contribution >= 4 is 17.4 Å². The average molecular weight is 453 g/mol. The summed E-state index contributed by atoms with van der Waals surface area (Å²) in [4.78, 5) is 27.6. The molecular weight excluding hydrogens is 426 g/mol. The fourth-order valence-corrected chi connectivity index (χ4v) is 4.00. The second-order valence-electron chi connectivity index (χ2n) is 8.11. The smallest absolute Gasteiger partial charge is 0.295 e. The molecule has 0 bridgehead atoms. The molecule has 0 spiro atoms. The SMILES string of the molecule is COc1ccc(C2/C(=C(/O)c3ccc4c(c3)OCO4)C(=O)C(=O)N2CCCOC(C)C)cc1. The molecule has 1 saturated heterocycles. The van der Waals surface area contributed by atoms with Crippen molar-refractivity contribution in [3.8, 4) is 17.2 Å². The number of ether oxygens (including phenoxy) is 4. The fourth-order valence-electron chi connectivity index (χ4n) is 4.00. The van der Waals surface area contributed by atoms with Gasteiger partial charge in [-0.15, -0.1) is 0 Å². The van der Waals surface area contributed by atoms with E-state index >= 15 is 0 Å². The summed E-state index contributed by atoms with van der Waals surface area (Å²) >= 11 is 0. The van der Waals surface area contributed by atoms with Crippen molar-refractivity contribution in [2.45, 2.75) is 32.4 Å². The molecule has 174 valence electrons. The molecule has 1 atom stereocenters. The molecule has 2 aromatic carbocycles. The molecule has 2 aliphatic heterocycles. The molecule has 1 fully saturated rings. The molecule has 2 heterocycles. The number of aliphatic hydroxyl groups is 1. The van der Waals surface area contributed by atoms with Crippen LogP contribution in [-0.2, 0) is 14.3 Å². The maximum Gasteiger partial charge on any atom is 0.295 e. The van der Waals surface area contributed by atoms with E-state index in [4.69, 9.17) is 18.9 Å². The number of hydrogen-bond acceptors (Lipinski definition) is 7. The molecule has 8 nitrogen and oxygen atoms in total. The van der Waals surface area contributed by atoms with Gasteiger partial charge in [0.1, 0.15) is 11.5 Å². The van der Waals surface area contributed by atoms with Crippen molar-refractivity contribution in [3.05, 3.63) is 59.2 Å². The van der Waals surface area contributed by atoms with Crippen LogP contribution in [0.4, 0.5) is 0 Å². The Morgan fingerprint density at radius 3 is 2.55 bits per heavy atom. The minimum atomic E-state index is -0.736. The standard InChI is InChI=1S/C25H27NO7/c1-15(2)31-12-4-11-26-22(16-5-8-18(30-3)9-6-16)21(24(28)25(26)29)23(27)17-7-10-19-20(13-17)33-14-32-19/h5-10,13,15,22,27H,4,11-12,14H2,1-3H3/b23-21-. The number of likely N-dealkylation sites (tertiary alicyclic amines) is 1. The zero-order chi connectivity index (χ0) is 23.5. The summed E-state index contributed by atoms with van der Waals surface area (Å²) in [6.07, 6.45) is 0.630. The minimum absolute atomic E-state index is 0.0359. The minimum Gasteiger partial charge on any atom is -0.507 e. The molecule has 2 aromatic rings. The molecule has 1 amide bonds. The molecule has 8 heteroatoms. The summed E-state index contributed by atoms with van der Waals surface area (Å²) in [5.41, 5.74) is 1.11. The van der Waals surface area contributed by atoms with Gasteiger partial charge in [-0.3, -0.25) is 9.59 Å². The van der Waals surface area contributed by atoms with Crippen LogP contribution in [0.3, 0.4) is 0 Å². The Labute approximate surface area is 192 Å². The third-order valence-electron chi connectivity index (χ3n) is 5.61. The van der Waals surface area contributed by atoms with Crippen LogP contribution >= 0.6 is 0 Å². The summed E-state index contributed by atoms with van der Waals surface area (Å²) in [5.74, 6) is 0.0487. The first kappa shape index (κ1) is 22.7. The number of aliphatic hydroxyl groups excluding tert-OH is 1. The molecule has 1 N–H and O–H groups in total. The Kier molecular flexibility index (Phi) is 6.55. The molecule has 0 saturated carbocycles. The number of carbonyl (C=O) groups excluding carboxylic acids is 2. The number of ketones is 1. The predicted molar refractivity (Wildman–Crippen MR) is 120 cm³/mol. The lowest BCUT2D eigenvalue weighted by atomic mass is 9.95. The van der Waals surface area contributed by atoms with Gasteiger partial charge in [0.15, 0.2) is 11.5 Å². The number of methoxy groups -OCH3 is 1. The average Bonchev–Trinajstić information content (AvgIpc) is 3.38. The Morgan fingerprint density at radius 1 is 1.12 bits per heavy atom. The lowest BCUT2D eigenvalue weighted by molar-refractivity contribution is -0.140. The van der Waals surface area contributed by atoms with Gasteiger partial charge in [0.2, 0.25) is 6.79 Å². The summed E-state index contributed by atoms with van der Waals surface area (Å²) in [6, 6.07) is 11.3. The highest BCUT2D eigenvalue weighted by molar-refractivity contribution is 6.46. The van der Waals surface area contributed by atoms with E-state index < -0.39 is 17.7 Å². The van der Waals surface area contributed by atoms with Gasteiger partial charge in [-0.25, -0.2) is 0 Å². The van der Waals surface area contributed by atoms with Crippen LogP contribution in [0.15, 0.2) is 48.0 Å². The van der Waals surface area contributed by atoms with Crippen molar-refractivity contribution in [3.63, 3.8) is 0 Å². The Hall–Kier alpha value is -3.52. The lowest BCUT2D eigenvalue weighted by Gasteiger charge is -2.25. The first-order valence-electron chi connectivity index (χ1n) is 10.8. The second kappa shape index (κ2) is 9.54. The van der Waals surface area contributed by atoms with Crippen LogP contribution in [0.5, 0.6) is 17.2 Å². The van der Waals surface area contributed by atoms with Gasteiger partial charge in [-0.05, 0) is 56.2 Å². The highest BCUT2D eigenvalue weighted by Crippen LogP contribution is 2.41. The monoisotopic (exact) mass is 453 g/mol. The van der Waals surface area contributed by atoms with Gasteiger partial charge in [-0.1, -0.05) is 12.1 Å². The Balaban J connectivity index is 1.73. The summed E-state index contributed by atoms with van der Waals surface area (Å²) in [7, 11) is 1.56. The van der Waals surface area contributed by atoms with Crippen molar-refractivity contribution in [1.82, 2.24) is 4.90 Å². The summed E-state index contributed by atoms with van der Waals surface area (Å²) in [6.45, 7) is 4.74. The Bertz CT molecular complexity index is 1070. The number of hydrogen-bond donors (Lipinski definition) is 1. The van der Waals surface area contributed by atoms with E-state index in [-0.39, 0.29) is 24.2 Å². The van der Waals surface area contributed by atoms with Crippen LogP contribution in [0, 0.1) is 0 Å². The van der Waals surface area contributed by atoms with E-state index in [9.17, 15) is 14.7 Å².